The van der Waals surface area contributed by atoms with E-state index in [1.807, 2.05) is 0 Å². The summed E-state index contributed by atoms with van der Waals surface area (Å²) in [6.07, 6.45) is -23.0. The monoisotopic (exact) mass is 364 g/mol. The second-order valence-corrected chi connectivity index (χ2v) is 3.70. The topological polar surface area (TPSA) is 37.3 Å². The number of carbonyl (C=O) groups is 1. The Labute approximate surface area is 110 Å². The van der Waals surface area contributed by atoms with Crippen molar-refractivity contribution in [3.8, 4) is 0 Å². The van der Waals surface area contributed by atoms with Crippen molar-refractivity contribution in [1.82, 2.24) is 0 Å². The summed E-state index contributed by atoms with van der Waals surface area (Å²) >= 11 is 0. The van der Waals surface area contributed by atoms with Crippen molar-refractivity contribution in [2.24, 2.45) is 5.41 Å². The van der Waals surface area contributed by atoms with Gasteiger partial charge in [-0.2, -0.15) is 57.1 Å². The Morgan fingerprint density at radius 3 is 0.955 bits per heavy atom. The molecule has 0 aliphatic rings. The van der Waals surface area contributed by atoms with Gasteiger partial charge in [0, 0.05) is 0 Å². The summed E-state index contributed by atoms with van der Waals surface area (Å²) in [5.41, 5.74) is -7.67. The van der Waals surface area contributed by atoms with E-state index in [4.69, 9.17) is 5.11 Å². The predicted octanol–water partition coefficient (Wildman–Crippen LogP) is 4.01. The summed E-state index contributed by atoms with van der Waals surface area (Å²) in [5.74, 6) is -20.7. The molecule has 0 rings (SSSR count). The molecule has 15 heteroatoms. The van der Waals surface area contributed by atoms with Crippen molar-refractivity contribution in [2.45, 2.75) is 30.4 Å². The molecule has 0 aromatic rings. The highest BCUT2D eigenvalue weighted by Gasteiger charge is 2.95. The van der Waals surface area contributed by atoms with Gasteiger partial charge in [-0.3, -0.25) is 4.79 Å². The molecule has 0 spiro atoms. The lowest BCUT2D eigenvalue weighted by molar-refractivity contribution is -0.447. The van der Waals surface area contributed by atoms with E-state index in [0.717, 1.165) is 0 Å². The lowest BCUT2D eigenvalue weighted by Crippen LogP contribution is -2.73. The minimum absolute atomic E-state index is 4.67. The SMILES string of the molecule is O=C(O)C(C(F)(F)F)(C(F)(F)F)C(F)(F)C(F)(F)C(F)(F)F. The van der Waals surface area contributed by atoms with E-state index in [-0.39, 0.29) is 0 Å². The summed E-state index contributed by atoms with van der Waals surface area (Å²) in [6, 6.07) is 0. The number of carboxylic acid groups (broad SMARTS) is 1. The lowest BCUT2D eigenvalue weighted by Gasteiger charge is -2.42. The molecule has 0 aromatic carbocycles. The van der Waals surface area contributed by atoms with Crippen LogP contribution in [0.1, 0.15) is 0 Å². The van der Waals surface area contributed by atoms with E-state index >= 15 is 0 Å². The largest absolute Gasteiger partial charge is 0.480 e. The highest BCUT2D eigenvalue weighted by Crippen LogP contribution is 2.65. The Kier molecular flexibility index (Phi) is 4.46. The first-order valence-electron chi connectivity index (χ1n) is 4.38. The smallest absolute Gasteiger partial charge is 0.459 e. The van der Waals surface area contributed by atoms with Gasteiger partial charge in [0.25, 0.3) is 0 Å². The zero-order valence-electron chi connectivity index (χ0n) is 9.27. The van der Waals surface area contributed by atoms with Crippen molar-refractivity contribution in [2.75, 3.05) is 0 Å². The Balaban J connectivity index is 6.92. The van der Waals surface area contributed by atoms with Crippen LogP contribution in [-0.4, -0.2) is 41.4 Å². The number of rotatable bonds is 3. The summed E-state index contributed by atoms with van der Waals surface area (Å²) in [6.45, 7) is 0. The van der Waals surface area contributed by atoms with E-state index < -0.39 is 41.8 Å². The van der Waals surface area contributed by atoms with Crippen molar-refractivity contribution >= 4 is 5.97 Å². The third kappa shape index (κ3) is 2.33. The first-order valence-corrected chi connectivity index (χ1v) is 4.38. The summed E-state index contributed by atoms with van der Waals surface area (Å²) in [7, 11) is 0. The molecule has 132 valence electrons. The fourth-order valence-electron chi connectivity index (χ4n) is 1.31. The molecule has 0 saturated carbocycles. The van der Waals surface area contributed by atoms with E-state index in [2.05, 4.69) is 0 Å². The van der Waals surface area contributed by atoms with Crippen LogP contribution in [0, 0.1) is 5.41 Å². The molecule has 0 unspecified atom stereocenters. The fraction of sp³-hybridized carbons (Fsp3) is 0.857. The quantitative estimate of drug-likeness (QED) is 0.769. The van der Waals surface area contributed by atoms with Crippen LogP contribution in [0.25, 0.3) is 0 Å². The maximum Gasteiger partial charge on any atom is 0.459 e. The molecule has 0 bridgehead atoms. The highest BCUT2D eigenvalue weighted by atomic mass is 19.4. The van der Waals surface area contributed by atoms with Gasteiger partial charge in [-0.05, 0) is 0 Å². The van der Waals surface area contributed by atoms with Gasteiger partial charge in [-0.1, -0.05) is 0 Å². The zero-order valence-corrected chi connectivity index (χ0v) is 9.27. The minimum Gasteiger partial charge on any atom is -0.480 e. The summed E-state index contributed by atoms with van der Waals surface area (Å²) in [4.78, 5) is 10.1. The zero-order chi connectivity index (χ0) is 18.6. The molecule has 1 N–H and O–H groups in total. The van der Waals surface area contributed by atoms with Crippen LogP contribution >= 0.6 is 0 Å². The van der Waals surface area contributed by atoms with Crippen LogP contribution in [0.3, 0.4) is 0 Å². The molecule has 0 aliphatic heterocycles. The van der Waals surface area contributed by atoms with Gasteiger partial charge in [0.15, 0.2) is 0 Å². The molecule has 2 nitrogen and oxygen atoms in total. The van der Waals surface area contributed by atoms with Crippen molar-refractivity contribution < 1.29 is 67.0 Å². The predicted molar refractivity (Wildman–Crippen MR) is 38.1 cm³/mol. The second kappa shape index (κ2) is 4.78. The van der Waals surface area contributed by atoms with Crippen LogP contribution in [0.15, 0.2) is 0 Å². The second-order valence-electron chi connectivity index (χ2n) is 3.70. The number of halogens is 13. The van der Waals surface area contributed by atoms with Crippen LogP contribution in [-0.2, 0) is 4.79 Å². The summed E-state index contributed by atoms with van der Waals surface area (Å²) < 4.78 is 160. The standard InChI is InChI=1S/C7HF13O2/c8-3(9,4(10,11)7(18,19)20)2(1(21)22,5(12,13)14)6(15,16)17/h(H,21,22). The van der Waals surface area contributed by atoms with E-state index in [0.29, 0.717) is 0 Å². The molecular weight excluding hydrogens is 363 g/mol. The van der Waals surface area contributed by atoms with Gasteiger partial charge in [-0.15, -0.1) is 0 Å². The number of hydrogen-bond donors (Lipinski definition) is 1. The van der Waals surface area contributed by atoms with Gasteiger partial charge in [0.05, 0.1) is 0 Å². The van der Waals surface area contributed by atoms with E-state index in [9.17, 15) is 61.9 Å². The highest BCUT2D eigenvalue weighted by molar-refractivity contribution is 5.78. The Bertz CT molecular complexity index is 425. The summed E-state index contributed by atoms with van der Waals surface area (Å²) in [5, 5.41) is 7.84. The molecule has 22 heavy (non-hydrogen) atoms. The van der Waals surface area contributed by atoms with Crippen molar-refractivity contribution in [3.05, 3.63) is 0 Å². The van der Waals surface area contributed by atoms with Gasteiger partial charge in [0.1, 0.15) is 0 Å². The average molecular weight is 364 g/mol. The fourth-order valence-corrected chi connectivity index (χ4v) is 1.31. The van der Waals surface area contributed by atoms with Gasteiger partial charge in [0.2, 0.25) is 0 Å². The molecule has 0 aliphatic carbocycles. The maximum absolute atomic E-state index is 13.0. The third-order valence-electron chi connectivity index (χ3n) is 2.39. The van der Waals surface area contributed by atoms with Crippen molar-refractivity contribution in [3.63, 3.8) is 0 Å². The molecular formula is C7HF13O2. The third-order valence-corrected chi connectivity index (χ3v) is 2.39. The van der Waals surface area contributed by atoms with Gasteiger partial charge >= 0.3 is 41.8 Å². The van der Waals surface area contributed by atoms with Crippen LogP contribution in [0.5, 0.6) is 0 Å². The van der Waals surface area contributed by atoms with Crippen LogP contribution in [0.2, 0.25) is 0 Å². The lowest BCUT2D eigenvalue weighted by atomic mass is 9.76. The number of aliphatic carboxylic acids is 1. The molecule has 0 saturated heterocycles. The van der Waals surface area contributed by atoms with Crippen molar-refractivity contribution in [1.29, 1.82) is 0 Å². The number of alkyl halides is 13. The van der Waals surface area contributed by atoms with Gasteiger partial charge in [-0.25, -0.2) is 0 Å². The minimum atomic E-state index is -8.12. The maximum atomic E-state index is 13.0. The Morgan fingerprint density at radius 1 is 0.545 bits per heavy atom. The Morgan fingerprint density at radius 2 is 0.818 bits per heavy atom. The first kappa shape index (κ1) is 20.6. The number of hydrogen-bond acceptors (Lipinski definition) is 1. The molecule has 0 amide bonds. The molecule has 0 aromatic heterocycles. The Hall–Kier alpha value is -1.44. The molecule has 0 heterocycles. The number of carboxylic acids is 1. The van der Waals surface area contributed by atoms with Crippen LogP contribution in [0.4, 0.5) is 57.1 Å². The van der Waals surface area contributed by atoms with Gasteiger partial charge < -0.3 is 5.11 Å². The van der Waals surface area contributed by atoms with Crippen LogP contribution < -0.4 is 0 Å². The first-order chi connectivity index (χ1) is 9.19. The van der Waals surface area contributed by atoms with E-state index in [1.54, 1.807) is 0 Å². The molecule has 0 radical (unpaired) electrons. The normalized spacial score (nSPS) is 15.9. The molecule has 0 fully saturated rings. The van der Waals surface area contributed by atoms with E-state index in [1.165, 1.54) is 0 Å². The molecule has 0 atom stereocenters. The average Bonchev–Trinajstić information content (AvgIpc) is 2.08.